The Morgan fingerprint density at radius 2 is 2.07 bits per heavy atom. The van der Waals surface area contributed by atoms with Gasteiger partial charge in [0, 0.05) is 4.88 Å². The molecule has 0 fully saturated rings. The summed E-state index contributed by atoms with van der Waals surface area (Å²) >= 11 is 3.03. The first-order chi connectivity index (χ1) is 13.5. The summed E-state index contributed by atoms with van der Waals surface area (Å²) in [4.78, 5) is 22.1. The number of ether oxygens (including phenoxy) is 1. The third kappa shape index (κ3) is 3.20. The number of nitrogens with one attached hydrogen (secondary N) is 1. The van der Waals surface area contributed by atoms with Gasteiger partial charge in [0.1, 0.15) is 22.7 Å². The van der Waals surface area contributed by atoms with Crippen molar-refractivity contribution in [3.05, 3.63) is 57.2 Å². The average molecular weight is 414 g/mol. The fourth-order valence-electron chi connectivity index (χ4n) is 2.98. The summed E-state index contributed by atoms with van der Waals surface area (Å²) in [5.41, 5.74) is 1.75. The molecule has 0 saturated heterocycles. The molecule has 4 rings (SSSR count). The highest BCUT2D eigenvalue weighted by atomic mass is 32.2. The maximum absolute atomic E-state index is 12.6. The van der Waals surface area contributed by atoms with Crippen LogP contribution in [0, 0.1) is 13.8 Å². The standard InChI is InChI=1S/C19H19N5O2S2/c1-10-11(2)27-18-15(10)17(25)21-16(22-18)12(3)28-19-23-20-9-24(19)13-7-5-6-8-14(13)26-4/h5-9,12H,1-4H3,(H,21,22,25)/t12-/m0/s1. The van der Waals surface area contributed by atoms with E-state index in [4.69, 9.17) is 9.72 Å². The second-order valence-corrected chi connectivity index (χ2v) is 8.84. The number of hydrogen-bond acceptors (Lipinski definition) is 7. The Hall–Kier alpha value is -2.65. The van der Waals surface area contributed by atoms with Crippen LogP contribution in [0.15, 0.2) is 40.5 Å². The summed E-state index contributed by atoms with van der Waals surface area (Å²) < 4.78 is 7.32. The highest BCUT2D eigenvalue weighted by Gasteiger charge is 2.19. The van der Waals surface area contributed by atoms with Crippen molar-refractivity contribution in [1.29, 1.82) is 0 Å². The Morgan fingerprint density at radius 3 is 2.86 bits per heavy atom. The van der Waals surface area contributed by atoms with E-state index in [9.17, 15) is 4.79 Å². The summed E-state index contributed by atoms with van der Waals surface area (Å²) in [6, 6.07) is 7.68. The molecule has 0 unspecified atom stereocenters. The lowest BCUT2D eigenvalue weighted by atomic mass is 10.2. The van der Waals surface area contributed by atoms with E-state index >= 15 is 0 Å². The minimum atomic E-state index is -0.113. The number of aromatic amines is 1. The second-order valence-electron chi connectivity index (χ2n) is 6.33. The smallest absolute Gasteiger partial charge is 0.259 e. The van der Waals surface area contributed by atoms with Crippen molar-refractivity contribution in [3.63, 3.8) is 0 Å². The molecule has 3 aromatic heterocycles. The molecule has 0 spiro atoms. The molecule has 28 heavy (non-hydrogen) atoms. The Bertz CT molecular complexity index is 1210. The number of fused-ring (bicyclic) bond motifs is 1. The van der Waals surface area contributed by atoms with E-state index in [0.29, 0.717) is 16.4 Å². The van der Waals surface area contributed by atoms with Crippen molar-refractivity contribution in [2.45, 2.75) is 31.2 Å². The predicted octanol–water partition coefficient (Wildman–Crippen LogP) is 4.04. The maximum atomic E-state index is 12.6. The van der Waals surface area contributed by atoms with Crippen molar-refractivity contribution in [2.75, 3.05) is 7.11 Å². The van der Waals surface area contributed by atoms with Crippen LogP contribution in [0.25, 0.3) is 15.9 Å². The number of methoxy groups -OCH3 is 1. The normalized spacial score (nSPS) is 12.4. The van der Waals surface area contributed by atoms with E-state index in [-0.39, 0.29) is 10.8 Å². The van der Waals surface area contributed by atoms with Gasteiger partial charge in [0.25, 0.3) is 5.56 Å². The van der Waals surface area contributed by atoms with Gasteiger partial charge < -0.3 is 9.72 Å². The Labute approximate surface area is 169 Å². The van der Waals surface area contributed by atoms with Crippen molar-refractivity contribution >= 4 is 33.3 Å². The zero-order chi connectivity index (χ0) is 19.8. The van der Waals surface area contributed by atoms with Crippen LogP contribution < -0.4 is 10.3 Å². The Balaban J connectivity index is 1.69. The fraction of sp³-hybridized carbons (Fsp3) is 0.263. The number of para-hydroxylation sites is 2. The van der Waals surface area contributed by atoms with E-state index in [0.717, 1.165) is 26.7 Å². The molecular formula is C19H19N5O2S2. The number of aryl methyl sites for hydroxylation is 2. The van der Waals surface area contributed by atoms with Gasteiger partial charge in [-0.3, -0.25) is 9.36 Å². The highest BCUT2D eigenvalue weighted by molar-refractivity contribution is 7.99. The maximum Gasteiger partial charge on any atom is 0.259 e. The second kappa shape index (κ2) is 7.40. The number of H-pyrrole nitrogens is 1. The number of hydrogen-bond donors (Lipinski definition) is 1. The van der Waals surface area contributed by atoms with Gasteiger partial charge in [0.15, 0.2) is 5.16 Å². The van der Waals surface area contributed by atoms with Crippen LogP contribution in [-0.4, -0.2) is 31.8 Å². The number of thiophene rings is 1. The summed E-state index contributed by atoms with van der Waals surface area (Å²) in [7, 11) is 1.63. The van der Waals surface area contributed by atoms with Crippen LogP contribution >= 0.6 is 23.1 Å². The van der Waals surface area contributed by atoms with Gasteiger partial charge in [0.2, 0.25) is 0 Å². The molecule has 0 aliphatic rings. The van der Waals surface area contributed by atoms with E-state index in [1.165, 1.54) is 11.8 Å². The van der Waals surface area contributed by atoms with Crippen molar-refractivity contribution in [3.8, 4) is 11.4 Å². The van der Waals surface area contributed by atoms with E-state index in [2.05, 4.69) is 15.2 Å². The van der Waals surface area contributed by atoms with Gasteiger partial charge in [-0.15, -0.1) is 21.5 Å². The van der Waals surface area contributed by atoms with Gasteiger partial charge in [-0.1, -0.05) is 23.9 Å². The van der Waals surface area contributed by atoms with Gasteiger partial charge in [-0.25, -0.2) is 4.98 Å². The van der Waals surface area contributed by atoms with Crippen LogP contribution in [0.4, 0.5) is 0 Å². The molecule has 0 radical (unpaired) electrons. The molecule has 7 nitrogen and oxygen atoms in total. The Kier molecular flexibility index (Phi) is 4.94. The first kappa shape index (κ1) is 18.7. The largest absolute Gasteiger partial charge is 0.495 e. The van der Waals surface area contributed by atoms with Gasteiger partial charge in [-0.2, -0.15) is 0 Å². The van der Waals surface area contributed by atoms with E-state index in [1.54, 1.807) is 24.8 Å². The van der Waals surface area contributed by atoms with Crippen LogP contribution in [0.1, 0.15) is 28.4 Å². The monoisotopic (exact) mass is 413 g/mol. The predicted molar refractivity (Wildman–Crippen MR) is 112 cm³/mol. The zero-order valence-corrected chi connectivity index (χ0v) is 17.5. The summed E-state index contributed by atoms with van der Waals surface area (Å²) in [6.45, 7) is 5.96. The molecule has 0 saturated carbocycles. The van der Waals surface area contributed by atoms with Crippen LogP contribution in [-0.2, 0) is 0 Å². The molecule has 144 valence electrons. The van der Waals surface area contributed by atoms with E-state index in [1.807, 2.05) is 49.6 Å². The lowest BCUT2D eigenvalue weighted by molar-refractivity contribution is 0.412. The average Bonchev–Trinajstić information content (AvgIpc) is 3.26. The zero-order valence-electron chi connectivity index (χ0n) is 15.9. The summed E-state index contributed by atoms with van der Waals surface area (Å²) in [5, 5.41) is 9.55. The number of aromatic nitrogens is 5. The highest BCUT2D eigenvalue weighted by Crippen LogP contribution is 2.35. The third-order valence-electron chi connectivity index (χ3n) is 4.59. The van der Waals surface area contributed by atoms with Gasteiger partial charge >= 0.3 is 0 Å². The fourth-order valence-corrected chi connectivity index (χ4v) is 4.91. The molecule has 9 heteroatoms. The van der Waals surface area contributed by atoms with Crippen LogP contribution in [0.2, 0.25) is 0 Å². The molecule has 3 heterocycles. The number of nitrogens with zero attached hydrogens (tertiary/aromatic N) is 4. The van der Waals surface area contributed by atoms with Crippen molar-refractivity contribution in [1.82, 2.24) is 24.7 Å². The number of rotatable bonds is 5. The minimum Gasteiger partial charge on any atom is -0.495 e. The van der Waals surface area contributed by atoms with Crippen molar-refractivity contribution in [2.24, 2.45) is 0 Å². The lowest BCUT2D eigenvalue weighted by Gasteiger charge is -2.13. The Morgan fingerprint density at radius 1 is 1.29 bits per heavy atom. The lowest BCUT2D eigenvalue weighted by Crippen LogP contribution is -2.12. The number of benzene rings is 1. The quantitative estimate of drug-likeness (QED) is 0.497. The molecular weight excluding hydrogens is 394 g/mol. The van der Waals surface area contributed by atoms with Gasteiger partial charge in [0.05, 0.1) is 23.4 Å². The number of thioether (sulfide) groups is 1. The van der Waals surface area contributed by atoms with Crippen LogP contribution in [0.5, 0.6) is 5.75 Å². The molecule has 0 bridgehead atoms. The molecule has 1 atom stereocenters. The summed E-state index contributed by atoms with van der Waals surface area (Å²) in [5.74, 6) is 1.35. The SMILES string of the molecule is COc1ccccc1-n1cnnc1S[C@@H](C)c1nc2sc(C)c(C)c2c(=O)[nH]1. The molecule has 0 aliphatic heterocycles. The third-order valence-corrected chi connectivity index (χ3v) is 6.75. The van der Waals surface area contributed by atoms with E-state index < -0.39 is 0 Å². The minimum absolute atomic E-state index is 0.0968. The molecule has 4 aromatic rings. The summed E-state index contributed by atoms with van der Waals surface area (Å²) in [6.07, 6.45) is 1.65. The first-order valence-electron chi connectivity index (χ1n) is 8.69. The molecule has 0 aliphatic carbocycles. The van der Waals surface area contributed by atoms with Crippen molar-refractivity contribution < 1.29 is 4.74 Å². The topological polar surface area (TPSA) is 85.7 Å². The first-order valence-corrected chi connectivity index (χ1v) is 10.4. The van der Waals surface area contributed by atoms with Gasteiger partial charge in [-0.05, 0) is 38.5 Å². The molecule has 0 amide bonds. The molecule has 1 aromatic carbocycles. The molecule has 1 N–H and O–H groups in total. The van der Waals surface area contributed by atoms with Crippen LogP contribution in [0.3, 0.4) is 0 Å².